The molecule has 6 heteroatoms. The van der Waals surface area contributed by atoms with Crippen molar-refractivity contribution in [2.75, 3.05) is 0 Å². The van der Waals surface area contributed by atoms with Crippen LogP contribution in [0.3, 0.4) is 0 Å². The van der Waals surface area contributed by atoms with Crippen LogP contribution in [0.5, 0.6) is 0 Å². The molecule has 0 aromatic heterocycles. The summed E-state index contributed by atoms with van der Waals surface area (Å²) in [6.07, 6.45) is 0.805. The van der Waals surface area contributed by atoms with Crippen LogP contribution in [-0.2, 0) is 14.1 Å². The van der Waals surface area contributed by atoms with Crippen molar-refractivity contribution >= 4 is 27.7 Å². The van der Waals surface area contributed by atoms with Crippen LogP contribution < -0.4 is 0 Å². The Morgan fingerprint density at radius 2 is 2.08 bits per heavy atom. The fraction of sp³-hybridized carbons (Fsp3) is 0.667. The Morgan fingerprint density at radius 1 is 1.50 bits per heavy atom. The Kier molecular flexibility index (Phi) is 6.23. The van der Waals surface area contributed by atoms with Crippen molar-refractivity contribution in [1.82, 2.24) is 0 Å². The molecule has 1 atom stereocenters. The minimum absolute atomic E-state index is 0.0104. The predicted octanol–water partition coefficient (Wildman–Crippen LogP) is 2.90. The third kappa shape index (κ3) is 7.90. The van der Waals surface area contributed by atoms with Gasteiger partial charge < -0.3 is 0 Å². The summed E-state index contributed by atoms with van der Waals surface area (Å²) in [7, 11) is 0.876. The Hall–Kier alpha value is -0.200. The van der Waals surface area contributed by atoms with Crippen molar-refractivity contribution in [1.29, 1.82) is 0 Å². The summed E-state index contributed by atoms with van der Waals surface area (Å²) in [4.78, 5) is 21.0. The van der Waals surface area contributed by atoms with Crippen LogP contribution >= 0.6 is 15.9 Å². The van der Waals surface area contributed by atoms with Gasteiger partial charge in [0.05, 0.1) is 0 Å². The van der Waals surface area contributed by atoms with Gasteiger partial charge in [-0.05, 0) is 0 Å². The molecule has 0 spiro atoms. The summed E-state index contributed by atoms with van der Waals surface area (Å²) < 4.78 is 16.1. The van der Waals surface area contributed by atoms with Crippen LogP contribution in [-0.4, -0.2) is 11.8 Å². The second-order valence-electron chi connectivity index (χ2n) is 2.25. The zero-order chi connectivity index (χ0) is 9.56. The van der Waals surface area contributed by atoms with E-state index in [0.717, 1.165) is 0 Å². The summed E-state index contributed by atoms with van der Waals surface area (Å²) >= 11 is 0. The fourth-order valence-electron chi connectivity index (χ4n) is 0.611. The number of hydrogen-bond acceptors (Lipinski definition) is 3. The van der Waals surface area contributed by atoms with Crippen LogP contribution in [0.25, 0.3) is 0 Å². The Bertz CT molecular complexity index is 243. The number of hydrogen-bond donors (Lipinski definition) is 0. The molecule has 68 valence electrons. The van der Waals surface area contributed by atoms with E-state index in [1.807, 2.05) is 0 Å². The first-order valence-corrected chi connectivity index (χ1v) is 5.67. The third-order valence-electron chi connectivity index (χ3n) is 1.09. The van der Waals surface area contributed by atoms with Crippen molar-refractivity contribution in [2.45, 2.75) is 26.2 Å². The molecule has 0 aromatic rings. The summed E-state index contributed by atoms with van der Waals surface area (Å²) in [6.45, 7) is 1.44. The molecule has 0 aromatic carbocycles. The molecule has 0 saturated carbocycles. The molecule has 12 heavy (non-hydrogen) atoms. The molecular formula is C6H9FO3P2. The van der Waals surface area contributed by atoms with E-state index in [9.17, 15) is 13.8 Å². The van der Waals surface area contributed by atoms with Gasteiger partial charge in [-0.15, -0.1) is 0 Å². The van der Waals surface area contributed by atoms with Crippen molar-refractivity contribution in [3.8, 4) is 0 Å². The SMILES string of the molecule is CC(=O)CCCC(=O)OP(F)#P. The number of ketones is 1. The predicted molar refractivity (Wildman–Crippen MR) is 45.6 cm³/mol. The molecule has 0 saturated heterocycles. The average molecular weight is 210 g/mol. The number of carbonyl (C=O) groups is 2. The zero-order valence-electron chi connectivity index (χ0n) is 6.62. The Labute approximate surface area is 72.9 Å². The van der Waals surface area contributed by atoms with Gasteiger partial charge in [-0.1, -0.05) is 0 Å². The van der Waals surface area contributed by atoms with Crippen molar-refractivity contribution < 1.29 is 18.3 Å². The van der Waals surface area contributed by atoms with E-state index in [2.05, 4.69) is 12.9 Å². The van der Waals surface area contributed by atoms with Gasteiger partial charge in [-0.25, -0.2) is 0 Å². The normalized spacial score (nSPS) is 10.6. The Balaban J connectivity index is 3.47. The van der Waals surface area contributed by atoms with E-state index in [-0.39, 0.29) is 12.2 Å². The maximum absolute atomic E-state index is 12.0. The van der Waals surface area contributed by atoms with E-state index >= 15 is 0 Å². The molecule has 0 amide bonds. The van der Waals surface area contributed by atoms with E-state index in [1.54, 1.807) is 0 Å². The van der Waals surface area contributed by atoms with Gasteiger partial charge in [0.25, 0.3) is 0 Å². The molecular weight excluding hydrogens is 201 g/mol. The molecule has 1 unspecified atom stereocenters. The van der Waals surface area contributed by atoms with Crippen LogP contribution in [0.4, 0.5) is 4.20 Å². The first-order valence-electron chi connectivity index (χ1n) is 3.37. The van der Waals surface area contributed by atoms with Crippen LogP contribution in [0.15, 0.2) is 0 Å². The average Bonchev–Trinajstić information content (AvgIpc) is 1.84. The number of carbonyl (C=O) groups excluding carboxylic acids is 2. The summed E-state index contributed by atoms with van der Waals surface area (Å²) in [5.41, 5.74) is 0. The molecule has 0 aliphatic carbocycles. The van der Waals surface area contributed by atoms with E-state index in [0.29, 0.717) is 12.8 Å². The Morgan fingerprint density at radius 3 is 2.50 bits per heavy atom. The van der Waals surface area contributed by atoms with Gasteiger partial charge >= 0.3 is 72.2 Å². The molecule has 0 heterocycles. The second kappa shape index (κ2) is 6.33. The molecule has 3 nitrogen and oxygen atoms in total. The molecule has 0 fully saturated rings. The van der Waals surface area contributed by atoms with Crippen LogP contribution in [0, 0.1) is 0 Å². The fourth-order valence-corrected chi connectivity index (χ4v) is 1.14. The molecule has 0 N–H and O–H groups in total. The van der Waals surface area contributed by atoms with E-state index < -0.39 is 13.5 Å². The topological polar surface area (TPSA) is 43.4 Å². The van der Waals surface area contributed by atoms with Gasteiger partial charge in [0.1, 0.15) is 0 Å². The van der Waals surface area contributed by atoms with E-state index in [4.69, 9.17) is 0 Å². The summed E-state index contributed by atoms with van der Waals surface area (Å²) in [6, 6.07) is 0. The quantitative estimate of drug-likeness (QED) is 0.670. The van der Waals surface area contributed by atoms with Gasteiger partial charge in [0.15, 0.2) is 0 Å². The van der Waals surface area contributed by atoms with Gasteiger partial charge in [-0.3, -0.25) is 0 Å². The summed E-state index contributed by atoms with van der Waals surface area (Å²) in [5.74, 6) is -0.629. The summed E-state index contributed by atoms with van der Waals surface area (Å²) in [5, 5.41) is 0. The first-order chi connectivity index (χ1) is 5.52. The third-order valence-corrected chi connectivity index (χ3v) is 1.69. The van der Waals surface area contributed by atoms with Crippen molar-refractivity contribution in [2.24, 2.45) is 0 Å². The number of rotatable bonds is 4. The monoisotopic (exact) mass is 210 g/mol. The van der Waals surface area contributed by atoms with Crippen molar-refractivity contribution in [3.05, 3.63) is 0 Å². The van der Waals surface area contributed by atoms with Crippen LogP contribution in [0.2, 0.25) is 0 Å². The number of halogens is 1. The standard InChI is InChI=1S/C6H9FO3P2/c1-5(8)3-2-4-6(9)10-12(7)11/h2-4H2,1H3. The second-order valence-corrected chi connectivity index (χ2v) is 3.82. The van der Waals surface area contributed by atoms with Gasteiger partial charge in [0.2, 0.25) is 0 Å². The first kappa shape index (κ1) is 11.8. The van der Waals surface area contributed by atoms with Crippen molar-refractivity contribution in [3.63, 3.8) is 0 Å². The maximum atomic E-state index is 12.0. The molecule has 0 bridgehead atoms. The van der Waals surface area contributed by atoms with Crippen LogP contribution in [0.1, 0.15) is 26.2 Å². The minimum atomic E-state index is -2.41. The molecule has 0 rings (SSSR count). The zero-order valence-corrected chi connectivity index (χ0v) is 8.41. The molecule has 0 aliphatic rings. The van der Waals surface area contributed by atoms with Gasteiger partial charge in [-0.2, -0.15) is 0 Å². The molecule has 0 aliphatic heterocycles. The van der Waals surface area contributed by atoms with E-state index in [1.165, 1.54) is 6.92 Å². The van der Waals surface area contributed by atoms with Gasteiger partial charge in [0, 0.05) is 0 Å². The number of Topliss-reactive ketones (excluding diaryl/α,β-unsaturated/α-hetero) is 1. The molecule has 0 radical (unpaired) electrons.